The zero-order chi connectivity index (χ0) is 14.0. The molecule has 1 fully saturated rings. The molecule has 0 aliphatic carbocycles. The molecular formula is C13H18N4O2. The quantitative estimate of drug-likeness (QED) is 0.576. The van der Waals surface area contributed by atoms with Gasteiger partial charge in [-0.25, -0.2) is 4.99 Å². The molecule has 0 aromatic heterocycles. The number of likely N-dealkylation sites (N-methyl/N-ethyl adjacent to an activating group) is 1. The van der Waals surface area contributed by atoms with Crippen molar-refractivity contribution in [1.82, 2.24) is 4.90 Å². The number of rotatable bonds is 1. The first kappa shape index (κ1) is 13.3. The van der Waals surface area contributed by atoms with Crippen LogP contribution in [0.25, 0.3) is 0 Å². The van der Waals surface area contributed by atoms with Crippen LogP contribution in [0.1, 0.15) is 13.8 Å². The van der Waals surface area contributed by atoms with Gasteiger partial charge in [0.15, 0.2) is 0 Å². The lowest BCUT2D eigenvalue weighted by molar-refractivity contribution is -0.384. The second-order valence-electron chi connectivity index (χ2n) is 4.30. The molecule has 6 nitrogen and oxygen atoms in total. The minimum Gasteiger partial charge on any atom is -0.361 e. The van der Waals surface area contributed by atoms with E-state index in [2.05, 4.69) is 14.8 Å². The fourth-order valence-corrected chi connectivity index (χ4v) is 2.22. The van der Waals surface area contributed by atoms with Crippen LogP contribution in [-0.2, 0) is 0 Å². The fraction of sp³-hybridized carbons (Fsp3) is 0.462. The molecule has 0 N–H and O–H groups in total. The summed E-state index contributed by atoms with van der Waals surface area (Å²) in [6, 6.07) is 4.87. The number of nitro groups is 1. The van der Waals surface area contributed by atoms with Crippen LogP contribution in [0.15, 0.2) is 23.2 Å². The van der Waals surface area contributed by atoms with Gasteiger partial charge in [0.25, 0.3) is 5.69 Å². The van der Waals surface area contributed by atoms with E-state index in [0.29, 0.717) is 5.69 Å². The summed E-state index contributed by atoms with van der Waals surface area (Å²) >= 11 is 0. The van der Waals surface area contributed by atoms with Crippen LogP contribution < -0.4 is 4.90 Å². The van der Waals surface area contributed by atoms with Crippen molar-refractivity contribution in [3.8, 4) is 0 Å². The maximum Gasteiger partial charge on any atom is 0.271 e. The van der Waals surface area contributed by atoms with Crippen LogP contribution in [0.3, 0.4) is 0 Å². The first-order chi connectivity index (χ1) is 9.15. The van der Waals surface area contributed by atoms with Gasteiger partial charge in [-0.15, -0.1) is 0 Å². The summed E-state index contributed by atoms with van der Waals surface area (Å²) < 4.78 is 0. The van der Waals surface area contributed by atoms with Crippen LogP contribution in [-0.4, -0.2) is 42.3 Å². The van der Waals surface area contributed by atoms with Crippen molar-refractivity contribution in [3.05, 3.63) is 28.3 Å². The number of benzene rings is 1. The van der Waals surface area contributed by atoms with Gasteiger partial charge in [0.05, 0.1) is 22.8 Å². The Kier molecular flexibility index (Phi) is 3.69. The minimum absolute atomic E-state index is 0.0944. The number of fused-ring (bicyclic) bond motifs is 4. The van der Waals surface area contributed by atoms with E-state index in [1.54, 1.807) is 12.1 Å². The molecule has 2 bridgehead atoms. The average molecular weight is 262 g/mol. The monoisotopic (exact) mass is 262 g/mol. The number of hydrogen-bond donors (Lipinski definition) is 0. The molecule has 3 rings (SSSR count). The lowest BCUT2D eigenvalue weighted by Gasteiger charge is -2.39. The Bertz CT molecular complexity index is 527. The standard InChI is InChI=1S/C11H12N4O2.C2H6/c1-13-4-5-14-7-11(13)12-9-6-8(15(16)17)2-3-10(9)14;1-2/h2-3,6H,4-5,7H2,1H3;1-2H3. The Balaban J connectivity index is 0.000000637. The van der Waals surface area contributed by atoms with Crippen LogP contribution in [0, 0.1) is 10.1 Å². The maximum absolute atomic E-state index is 10.7. The highest BCUT2D eigenvalue weighted by molar-refractivity contribution is 5.95. The van der Waals surface area contributed by atoms with E-state index in [9.17, 15) is 10.1 Å². The number of piperazine rings is 1. The smallest absolute Gasteiger partial charge is 0.271 e. The molecule has 19 heavy (non-hydrogen) atoms. The van der Waals surface area contributed by atoms with Crippen molar-refractivity contribution >= 4 is 22.9 Å². The lowest BCUT2D eigenvalue weighted by atomic mass is 10.1. The summed E-state index contributed by atoms with van der Waals surface area (Å²) in [7, 11) is 2.00. The molecule has 6 heteroatoms. The molecule has 0 amide bonds. The van der Waals surface area contributed by atoms with Gasteiger partial charge in [-0.3, -0.25) is 10.1 Å². The Labute approximate surface area is 112 Å². The molecule has 0 spiro atoms. The van der Waals surface area contributed by atoms with Gasteiger partial charge in [0.1, 0.15) is 5.84 Å². The predicted octanol–water partition coefficient (Wildman–Crippen LogP) is 2.42. The zero-order valence-electron chi connectivity index (χ0n) is 11.5. The summed E-state index contributed by atoms with van der Waals surface area (Å²) in [5, 5.41) is 10.7. The molecule has 2 aliphatic heterocycles. The van der Waals surface area contributed by atoms with Crippen LogP contribution in [0.4, 0.5) is 17.1 Å². The highest BCUT2D eigenvalue weighted by Gasteiger charge is 2.27. The van der Waals surface area contributed by atoms with Gasteiger partial charge in [-0.05, 0) is 6.07 Å². The number of anilines is 1. The normalized spacial score (nSPS) is 16.1. The molecule has 1 saturated heterocycles. The second-order valence-corrected chi connectivity index (χ2v) is 4.30. The largest absolute Gasteiger partial charge is 0.361 e. The summed E-state index contributed by atoms with van der Waals surface area (Å²) in [4.78, 5) is 19.1. The van der Waals surface area contributed by atoms with Gasteiger partial charge in [0.2, 0.25) is 0 Å². The fourth-order valence-electron chi connectivity index (χ4n) is 2.22. The van der Waals surface area contributed by atoms with E-state index in [0.717, 1.165) is 31.2 Å². The second kappa shape index (κ2) is 5.26. The van der Waals surface area contributed by atoms with Crippen molar-refractivity contribution in [1.29, 1.82) is 0 Å². The summed E-state index contributed by atoms with van der Waals surface area (Å²) in [6.45, 7) is 6.66. The molecule has 1 aromatic rings. The Morgan fingerprint density at radius 2 is 2.05 bits per heavy atom. The van der Waals surface area contributed by atoms with Crippen molar-refractivity contribution in [2.24, 2.45) is 4.99 Å². The zero-order valence-corrected chi connectivity index (χ0v) is 11.5. The highest BCUT2D eigenvalue weighted by Crippen LogP contribution is 2.36. The van der Waals surface area contributed by atoms with Crippen molar-refractivity contribution in [2.45, 2.75) is 13.8 Å². The first-order valence-corrected chi connectivity index (χ1v) is 6.47. The Morgan fingerprint density at radius 3 is 2.74 bits per heavy atom. The van der Waals surface area contributed by atoms with Gasteiger partial charge >= 0.3 is 0 Å². The first-order valence-electron chi connectivity index (χ1n) is 6.47. The van der Waals surface area contributed by atoms with E-state index in [4.69, 9.17) is 0 Å². The maximum atomic E-state index is 10.7. The van der Waals surface area contributed by atoms with E-state index in [-0.39, 0.29) is 10.6 Å². The van der Waals surface area contributed by atoms with E-state index in [1.165, 1.54) is 6.07 Å². The topological polar surface area (TPSA) is 62.0 Å². The van der Waals surface area contributed by atoms with Crippen LogP contribution >= 0.6 is 0 Å². The number of hydrogen-bond acceptors (Lipinski definition) is 5. The third-order valence-electron chi connectivity index (χ3n) is 3.24. The molecule has 1 aromatic carbocycles. The predicted molar refractivity (Wildman–Crippen MR) is 76.4 cm³/mol. The van der Waals surface area contributed by atoms with Crippen LogP contribution in [0.2, 0.25) is 0 Å². The SMILES string of the molecule is CC.CN1CCN2CC1=Nc1cc([N+](=O)[O-])ccc12. The van der Waals surface area contributed by atoms with E-state index < -0.39 is 0 Å². The molecule has 0 unspecified atom stereocenters. The third kappa shape index (κ3) is 2.38. The molecule has 2 heterocycles. The number of nitrogens with zero attached hydrogens (tertiary/aromatic N) is 4. The Morgan fingerprint density at radius 1 is 1.32 bits per heavy atom. The summed E-state index contributed by atoms with van der Waals surface area (Å²) in [6.07, 6.45) is 0. The van der Waals surface area contributed by atoms with E-state index in [1.807, 2.05) is 20.9 Å². The van der Waals surface area contributed by atoms with Gasteiger partial charge < -0.3 is 9.80 Å². The molecule has 0 radical (unpaired) electrons. The average Bonchev–Trinajstić information content (AvgIpc) is 2.44. The third-order valence-corrected chi connectivity index (χ3v) is 3.24. The van der Waals surface area contributed by atoms with Crippen LogP contribution in [0.5, 0.6) is 0 Å². The van der Waals surface area contributed by atoms with E-state index >= 15 is 0 Å². The number of non-ortho nitro benzene ring substituents is 1. The Hall–Kier alpha value is -2.11. The van der Waals surface area contributed by atoms with Crippen molar-refractivity contribution in [2.75, 3.05) is 31.6 Å². The lowest BCUT2D eigenvalue weighted by Crippen LogP contribution is -2.50. The van der Waals surface area contributed by atoms with Gasteiger partial charge in [0, 0.05) is 32.3 Å². The summed E-state index contributed by atoms with van der Waals surface area (Å²) in [5.74, 6) is 0.976. The number of nitro benzene ring substituents is 1. The summed E-state index contributed by atoms with van der Waals surface area (Å²) in [5.41, 5.74) is 1.79. The molecule has 102 valence electrons. The van der Waals surface area contributed by atoms with Gasteiger partial charge in [-0.1, -0.05) is 13.8 Å². The molecule has 0 atom stereocenters. The minimum atomic E-state index is -0.385. The molecule has 2 aliphatic rings. The highest BCUT2D eigenvalue weighted by atomic mass is 16.6. The number of aliphatic imine (C=N–C) groups is 1. The van der Waals surface area contributed by atoms with Gasteiger partial charge in [-0.2, -0.15) is 0 Å². The van der Waals surface area contributed by atoms with Crippen molar-refractivity contribution in [3.63, 3.8) is 0 Å². The molecular weight excluding hydrogens is 244 g/mol. The number of amidine groups is 1. The van der Waals surface area contributed by atoms with Crippen molar-refractivity contribution < 1.29 is 4.92 Å². The molecule has 0 saturated carbocycles.